The predicted octanol–water partition coefficient (Wildman–Crippen LogP) is 3.99. The topological polar surface area (TPSA) is 70.6 Å². The van der Waals surface area contributed by atoms with Gasteiger partial charge in [0.25, 0.3) is 0 Å². The fourth-order valence-electron chi connectivity index (χ4n) is 3.66. The summed E-state index contributed by atoms with van der Waals surface area (Å²) in [5.74, 6) is 1.33. The maximum atomic E-state index is 13.7. The quantitative estimate of drug-likeness (QED) is 0.416. The van der Waals surface area contributed by atoms with Crippen LogP contribution in [0, 0.1) is 12.7 Å². The summed E-state index contributed by atoms with van der Waals surface area (Å²) < 4.78 is 19.2. The number of carbonyl (C=O) groups is 1. The van der Waals surface area contributed by atoms with Crippen molar-refractivity contribution in [1.82, 2.24) is 9.97 Å². The van der Waals surface area contributed by atoms with Crippen molar-refractivity contribution in [3.63, 3.8) is 0 Å². The van der Waals surface area contributed by atoms with Crippen molar-refractivity contribution in [2.75, 3.05) is 54.2 Å². The fourth-order valence-corrected chi connectivity index (χ4v) is 4.32. The van der Waals surface area contributed by atoms with Crippen LogP contribution in [0.15, 0.2) is 59.9 Å². The van der Waals surface area contributed by atoms with Crippen molar-refractivity contribution in [2.45, 2.75) is 11.9 Å². The summed E-state index contributed by atoms with van der Waals surface area (Å²) in [7, 11) is 1.69. The Bertz CT molecular complexity index is 1120. The first-order valence-corrected chi connectivity index (χ1v) is 11.7. The molecule has 1 aliphatic rings. The number of amides is 1. The number of carbonyl (C=O) groups excluding carboxylic acids is 1. The van der Waals surface area contributed by atoms with Crippen molar-refractivity contribution in [3.05, 3.63) is 66.2 Å². The van der Waals surface area contributed by atoms with Crippen LogP contribution in [0.25, 0.3) is 0 Å². The van der Waals surface area contributed by atoms with Crippen molar-refractivity contribution in [1.29, 1.82) is 0 Å². The number of thioether (sulfide) groups is 1. The molecule has 1 aromatic heterocycles. The molecule has 1 N–H and O–H groups in total. The van der Waals surface area contributed by atoms with E-state index in [4.69, 9.17) is 4.74 Å². The van der Waals surface area contributed by atoms with E-state index >= 15 is 0 Å². The molecule has 7 nitrogen and oxygen atoms in total. The van der Waals surface area contributed by atoms with Gasteiger partial charge in [-0.15, -0.1) is 0 Å². The summed E-state index contributed by atoms with van der Waals surface area (Å²) in [4.78, 5) is 25.5. The summed E-state index contributed by atoms with van der Waals surface area (Å²) in [6.07, 6.45) is 1.53. The summed E-state index contributed by atoms with van der Waals surface area (Å²) in [6.45, 7) is 5.02. The number of methoxy groups -OCH3 is 1. The van der Waals surface area contributed by atoms with Gasteiger partial charge in [0, 0.05) is 37.9 Å². The fraction of sp³-hybridized carbons (Fsp3) is 0.292. The highest BCUT2D eigenvalue weighted by Crippen LogP contribution is 2.29. The Balaban J connectivity index is 1.31. The minimum atomic E-state index is -0.341. The van der Waals surface area contributed by atoms with Crippen LogP contribution in [0.2, 0.25) is 0 Å². The molecule has 2 aromatic carbocycles. The van der Waals surface area contributed by atoms with E-state index in [1.54, 1.807) is 26.2 Å². The molecule has 33 heavy (non-hydrogen) atoms. The molecule has 1 amide bonds. The van der Waals surface area contributed by atoms with Crippen molar-refractivity contribution < 1.29 is 13.9 Å². The van der Waals surface area contributed by atoms with E-state index in [9.17, 15) is 9.18 Å². The Morgan fingerprint density at radius 2 is 1.85 bits per heavy atom. The number of aromatic nitrogens is 2. The van der Waals surface area contributed by atoms with Crippen molar-refractivity contribution in [3.8, 4) is 5.75 Å². The number of hydrogen-bond donors (Lipinski definition) is 1. The van der Waals surface area contributed by atoms with Gasteiger partial charge in [0.2, 0.25) is 5.91 Å². The molecule has 0 saturated carbocycles. The maximum Gasteiger partial charge on any atom is 0.234 e. The lowest BCUT2D eigenvalue weighted by Crippen LogP contribution is -2.47. The number of ether oxygens (including phenoxy) is 1. The minimum absolute atomic E-state index is 0.174. The SMILES string of the molecule is COc1ccccc1N1CCN(c2cc(SCC(=O)Nc3ccc(C)c(F)c3)ncn2)CC1. The number of benzene rings is 2. The Morgan fingerprint density at radius 1 is 1.09 bits per heavy atom. The first kappa shape index (κ1) is 22.8. The molecule has 9 heteroatoms. The number of piperazine rings is 1. The third kappa shape index (κ3) is 5.73. The standard InChI is InChI=1S/C24H26FN5O2S/c1-17-7-8-18(13-19(17)25)28-23(31)15-33-24-14-22(26-16-27-24)30-11-9-29(10-12-30)20-5-3-4-6-21(20)32-2/h3-8,13-14,16H,9-12,15H2,1-2H3,(H,28,31). The smallest absolute Gasteiger partial charge is 0.234 e. The van der Waals surface area contributed by atoms with E-state index in [1.807, 2.05) is 24.3 Å². The van der Waals surface area contributed by atoms with Crippen LogP contribution in [0.5, 0.6) is 5.75 Å². The Hall–Kier alpha value is -3.33. The van der Waals surface area contributed by atoms with Gasteiger partial charge in [-0.05, 0) is 36.8 Å². The molecule has 4 rings (SSSR count). The van der Waals surface area contributed by atoms with Crippen LogP contribution < -0.4 is 19.9 Å². The normalized spacial score (nSPS) is 13.7. The van der Waals surface area contributed by atoms with Crippen LogP contribution in [0.4, 0.5) is 21.6 Å². The zero-order valence-corrected chi connectivity index (χ0v) is 19.4. The molecular weight excluding hydrogens is 441 g/mol. The number of nitrogens with one attached hydrogen (secondary N) is 1. The second-order valence-corrected chi connectivity index (χ2v) is 8.66. The van der Waals surface area contributed by atoms with Gasteiger partial charge in [-0.25, -0.2) is 14.4 Å². The molecule has 1 aliphatic heterocycles. The second kappa shape index (κ2) is 10.5. The second-order valence-electron chi connectivity index (χ2n) is 7.66. The lowest BCUT2D eigenvalue weighted by Gasteiger charge is -2.37. The molecule has 0 unspecified atom stereocenters. The van der Waals surface area contributed by atoms with Crippen LogP contribution in [-0.4, -0.2) is 54.9 Å². The summed E-state index contributed by atoms with van der Waals surface area (Å²) in [5.41, 5.74) is 2.08. The third-order valence-electron chi connectivity index (χ3n) is 5.46. The average molecular weight is 468 g/mol. The summed E-state index contributed by atoms with van der Waals surface area (Å²) in [6, 6.07) is 14.6. The molecule has 0 radical (unpaired) electrons. The van der Waals surface area contributed by atoms with Crippen molar-refractivity contribution in [2.24, 2.45) is 0 Å². The largest absolute Gasteiger partial charge is 0.495 e. The highest BCUT2D eigenvalue weighted by atomic mass is 32.2. The van der Waals surface area contributed by atoms with Crippen LogP contribution in [-0.2, 0) is 4.79 Å². The van der Waals surface area contributed by atoms with Gasteiger partial charge in [-0.1, -0.05) is 30.0 Å². The molecule has 0 bridgehead atoms. The van der Waals surface area contributed by atoms with Gasteiger partial charge < -0.3 is 19.9 Å². The lowest BCUT2D eigenvalue weighted by atomic mass is 10.2. The minimum Gasteiger partial charge on any atom is -0.495 e. The van der Waals surface area contributed by atoms with Crippen LogP contribution >= 0.6 is 11.8 Å². The zero-order chi connectivity index (χ0) is 23.2. The van der Waals surface area contributed by atoms with Gasteiger partial charge in [0.05, 0.1) is 18.6 Å². The predicted molar refractivity (Wildman–Crippen MR) is 130 cm³/mol. The van der Waals surface area contributed by atoms with E-state index < -0.39 is 0 Å². The number of rotatable bonds is 7. The number of nitrogens with zero attached hydrogens (tertiary/aromatic N) is 4. The van der Waals surface area contributed by atoms with Crippen LogP contribution in [0.3, 0.4) is 0 Å². The van der Waals surface area contributed by atoms with E-state index in [-0.39, 0.29) is 17.5 Å². The molecule has 0 aliphatic carbocycles. The summed E-state index contributed by atoms with van der Waals surface area (Å²) in [5, 5.41) is 3.44. The molecule has 1 saturated heterocycles. The molecule has 2 heterocycles. The van der Waals surface area contributed by atoms with E-state index in [0.717, 1.165) is 48.5 Å². The van der Waals surface area contributed by atoms with Gasteiger partial charge in [-0.3, -0.25) is 4.79 Å². The maximum absolute atomic E-state index is 13.7. The van der Waals surface area contributed by atoms with E-state index in [0.29, 0.717) is 11.3 Å². The molecule has 0 spiro atoms. The van der Waals surface area contributed by atoms with Gasteiger partial charge in [0.15, 0.2) is 0 Å². The third-order valence-corrected chi connectivity index (χ3v) is 6.39. The lowest BCUT2D eigenvalue weighted by molar-refractivity contribution is -0.113. The van der Waals surface area contributed by atoms with Gasteiger partial charge >= 0.3 is 0 Å². The molecule has 3 aromatic rings. The van der Waals surface area contributed by atoms with Crippen LogP contribution in [0.1, 0.15) is 5.56 Å². The molecular formula is C24H26FN5O2S. The molecule has 0 atom stereocenters. The Labute approximate surface area is 197 Å². The highest BCUT2D eigenvalue weighted by Gasteiger charge is 2.21. The first-order valence-electron chi connectivity index (χ1n) is 10.7. The van der Waals surface area contributed by atoms with E-state index in [1.165, 1.54) is 24.2 Å². The number of hydrogen-bond acceptors (Lipinski definition) is 7. The van der Waals surface area contributed by atoms with Gasteiger partial charge in [0.1, 0.15) is 28.7 Å². The first-order chi connectivity index (χ1) is 16.0. The van der Waals surface area contributed by atoms with E-state index in [2.05, 4.69) is 31.2 Å². The number of para-hydroxylation sites is 2. The number of aryl methyl sites for hydroxylation is 1. The van der Waals surface area contributed by atoms with Crippen molar-refractivity contribution >= 4 is 34.9 Å². The highest BCUT2D eigenvalue weighted by molar-refractivity contribution is 7.99. The number of anilines is 3. The Kier molecular flexibility index (Phi) is 7.29. The molecule has 1 fully saturated rings. The molecule has 172 valence electrons. The average Bonchev–Trinajstić information content (AvgIpc) is 2.85. The zero-order valence-electron chi connectivity index (χ0n) is 18.6. The number of halogens is 1. The summed E-state index contributed by atoms with van der Waals surface area (Å²) >= 11 is 1.33. The Morgan fingerprint density at radius 3 is 2.61 bits per heavy atom. The monoisotopic (exact) mass is 467 g/mol. The van der Waals surface area contributed by atoms with Gasteiger partial charge in [-0.2, -0.15) is 0 Å².